The van der Waals surface area contributed by atoms with Gasteiger partial charge in [0.05, 0.1) is 34.3 Å². The lowest BCUT2D eigenvalue weighted by atomic mass is 10.1. The first-order valence-corrected chi connectivity index (χ1v) is 18.0. The molecule has 224 valence electrons. The summed E-state index contributed by atoms with van der Waals surface area (Å²) in [7, 11) is -2.90. The molecule has 0 fully saturated rings. The van der Waals surface area contributed by atoms with Gasteiger partial charge >= 0.3 is 0 Å². The fraction of sp³-hybridized carbons (Fsp3) is 0. The smallest absolute Gasteiger partial charge is 0.180 e. The molecule has 3 nitrogen and oxygen atoms in total. The average Bonchev–Trinajstić information content (AvgIpc) is 3.50. The van der Waals surface area contributed by atoms with E-state index in [0.29, 0.717) is 11.1 Å². The fourth-order valence-electron chi connectivity index (χ4n) is 7.31. The zero-order valence-electron chi connectivity index (χ0n) is 26.1. The first-order chi connectivity index (χ1) is 23.7. The Morgan fingerprint density at radius 1 is 0.438 bits per heavy atom. The maximum absolute atomic E-state index is 10.4. The van der Waals surface area contributed by atoms with E-state index in [0.717, 1.165) is 43.8 Å². The lowest BCUT2D eigenvalue weighted by molar-refractivity contribution is 1.18. The third-order valence-corrected chi connectivity index (χ3v) is 14.2. The Morgan fingerprint density at radius 2 is 1.06 bits per heavy atom. The minimum absolute atomic E-state index is 0.656. The standard InChI is InChI=1S/C44H29N3Si/c45-30-32-22-27-43-41(28-32)40-19-8-9-20-42(40)47(43)36-25-23-33(24-26-36)34-13-11-18-39(29-34)48(37-14-3-1-4-15-37,38-16-5-2-6-17-38)44-21-10-7-12-35(44)31-46/h1-29H. The summed E-state index contributed by atoms with van der Waals surface area (Å²) in [5.74, 6) is 0. The molecule has 4 heteroatoms. The van der Waals surface area contributed by atoms with E-state index in [-0.39, 0.29) is 0 Å². The second-order valence-electron chi connectivity index (χ2n) is 12.0. The molecule has 0 spiro atoms. The molecule has 0 radical (unpaired) electrons. The van der Waals surface area contributed by atoms with Crippen molar-refractivity contribution in [2.24, 2.45) is 0 Å². The highest BCUT2D eigenvalue weighted by molar-refractivity contribution is 7.20. The van der Waals surface area contributed by atoms with Crippen LogP contribution in [0, 0.1) is 22.7 Å². The van der Waals surface area contributed by atoms with Crippen LogP contribution in [0.2, 0.25) is 0 Å². The van der Waals surface area contributed by atoms with Crippen molar-refractivity contribution in [1.82, 2.24) is 4.57 Å². The average molecular weight is 628 g/mol. The number of aromatic nitrogens is 1. The van der Waals surface area contributed by atoms with Crippen LogP contribution in [0.15, 0.2) is 176 Å². The number of nitriles is 2. The van der Waals surface area contributed by atoms with Gasteiger partial charge in [-0.1, -0.05) is 133 Å². The summed E-state index contributed by atoms with van der Waals surface area (Å²) in [6, 6.07) is 66.2. The molecule has 0 unspecified atom stereocenters. The molecule has 0 amide bonds. The van der Waals surface area contributed by atoms with Gasteiger partial charge in [0.2, 0.25) is 0 Å². The maximum Gasteiger partial charge on any atom is 0.180 e. The van der Waals surface area contributed by atoms with Gasteiger partial charge in [-0.3, -0.25) is 0 Å². The van der Waals surface area contributed by atoms with Crippen molar-refractivity contribution in [1.29, 1.82) is 10.5 Å². The van der Waals surface area contributed by atoms with Crippen LogP contribution in [0.1, 0.15) is 11.1 Å². The van der Waals surface area contributed by atoms with Crippen molar-refractivity contribution in [2.75, 3.05) is 0 Å². The Morgan fingerprint density at radius 3 is 1.77 bits per heavy atom. The van der Waals surface area contributed by atoms with E-state index in [9.17, 15) is 10.5 Å². The first-order valence-electron chi connectivity index (χ1n) is 16.0. The molecule has 0 aliphatic heterocycles. The predicted octanol–water partition coefficient (Wildman–Crippen LogP) is 7.57. The molecule has 48 heavy (non-hydrogen) atoms. The number of hydrogen-bond donors (Lipinski definition) is 0. The number of rotatable bonds is 6. The number of hydrogen-bond acceptors (Lipinski definition) is 2. The molecular formula is C44H29N3Si. The molecule has 0 saturated heterocycles. The predicted molar refractivity (Wildman–Crippen MR) is 199 cm³/mol. The zero-order valence-corrected chi connectivity index (χ0v) is 27.1. The van der Waals surface area contributed by atoms with Gasteiger partial charge < -0.3 is 4.57 Å². The number of para-hydroxylation sites is 1. The van der Waals surface area contributed by atoms with Gasteiger partial charge in [0, 0.05) is 16.5 Å². The highest BCUT2D eigenvalue weighted by Gasteiger charge is 2.43. The van der Waals surface area contributed by atoms with Gasteiger partial charge in [-0.05, 0) is 74.3 Å². The van der Waals surface area contributed by atoms with Crippen molar-refractivity contribution in [3.8, 4) is 29.0 Å². The Kier molecular flexibility index (Phi) is 7.27. The molecule has 8 aromatic rings. The fourth-order valence-corrected chi connectivity index (χ4v) is 12.2. The van der Waals surface area contributed by atoms with Gasteiger partial charge in [0.15, 0.2) is 8.07 Å². The monoisotopic (exact) mass is 627 g/mol. The Labute approximate surface area is 280 Å². The number of fused-ring (bicyclic) bond motifs is 3. The topological polar surface area (TPSA) is 52.5 Å². The number of nitrogens with zero attached hydrogens (tertiary/aromatic N) is 3. The van der Waals surface area contributed by atoms with Crippen LogP contribution in [0.25, 0.3) is 38.6 Å². The Bertz CT molecular complexity index is 2480. The third kappa shape index (κ3) is 4.64. The minimum atomic E-state index is -2.90. The third-order valence-electron chi connectivity index (χ3n) is 9.42. The van der Waals surface area contributed by atoms with Crippen LogP contribution in [0.5, 0.6) is 0 Å². The highest BCUT2D eigenvalue weighted by Crippen LogP contribution is 2.33. The molecular weight excluding hydrogens is 599 g/mol. The second kappa shape index (κ2) is 12.0. The molecule has 0 aliphatic rings. The SMILES string of the molecule is N#Cc1ccc2c(c1)c1ccccc1n2-c1ccc(-c2cccc([Si](c3ccccc3)(c3ccccc3)c3ccccc3C#N)c2)cc1. The van der Waals surface area contributed by atoms with E-state index < -0.39 is 8.07 Å². The van der Waals surface area contributed by atoms with E-state index >= 15 is 0 Å². The summed E-state index contributed by atoms with van der Waals surface area (Å²) in [6.45, 7) is 0. The minimum Gasteiger partial charge on any atom is -0.309 e. The quantitative estimate of drug-likeness (QED) is 0.141. The highest BCUT2D eigenvalue weighted by atomic mass is 28.3. The largest absolute Gasteiger partial charge is 0.309 e. The summed E-state index contributed by atoms with van der Waals surface area (Å²) < 4.78 is 2.27. The lowest BCUT2D eigenvalue weighted by Crippen LogP contribution is -2.75. The number of benzene rings is 7. The molecule has 0 N–H and O–H groups in total. The maximum atomic E-state index is 10.4. The summed E-state index contributed by atoms with van der Waals surface area (Å²) >= 11 is 0. The first kappa shape index (κ1) is 29.0. The Hall–Kier alpha value is -6.46. The summed E-state index contributed by atoms with van der Waals surface area (Å²) in [5.41, 5.74) is 6.84. The van der Waals surface area contributed by atoms with Gasteiger partial charge in [-0.25, -0.2) is 0 Å². The van der Waals surface area contributed by atoms with Crippen LogP contribution in [0.3, 0.4) is 0 Å². The van der Waals surface area contributed by atoms with Crippen LogP contribution in [-0.4, -0.2) is 12.6 Å². The molecule has 0 saturated carbocycles. The van der Waals surface area contributed by atoms with E-state index in [1.807, 2.05) is 36.4 Å². The van der Waals surface area contributed by atoms with Crippen molar-refractivity contribution < 1.29 is 0 Å². The second-order valence-corrected chi connectivity index (χ2v) is 15.7. The van der Waals surface area contributed by atoms with Crippen LogP contribution in [-0.2, 0) is 0 Å². The molecule has 7 aromatic carbocycles. The summed E-state index contributed by atoms with van der Waals surface area (Å²) in [6.07, 6.45) is 0. The van der Waals surface area contributed by atoms with E-state index in [1.165, 1.54) is 15.6 Å². The van der Waals surface area contributed by atoms with E-state index in [1.54, 1.807) is 0 Å². The molecule has 1 aromatic heterocycles. The van der Waals surface area contributed by atoms with Gasteiger partial charge in [0.25, 0.3) is 0 Å². The van der Waals surface area contributed by atoms with E-state index in [2.05, 4.69) is 156 Å². The lowest BCUT2D eigenvalue weighted by Gasteiger charge is -2.35. The van der Waals surface area contributed by atoms with Gasteiger partial charge in [-0.15, -0.1) is 0 Å². The van der Waals surface area contributed by atoms with Crippen molar-refractivity contribution in [2.45, 2.75) is 0 Å². The van der Waals surface area contributed by atoms with E-state index in [4.69, 9.17) is 0 Å². The van der Waals surface area contributed by atoms with Crippen molar-refractivity contribution >= 4 is 50.6 Å². The molecule has 1 heterocycles. The van der Waals surface area contributed by atoms with Gasteiger partial charge in [0.1, 0.15) is 0 Å². The normalized spacial score (nSPS) is 11.3. The van der Waals surface area contributed by atoms with Crippen LogP contribution >= 0.6 is 0 Å². The van der Waals surface area contributed by atoms with Crippen molar-refractivity contribution in [3.05, 3.63) is 187 Å². The molecule has 0 atom stereocenters. The summed E-state index contributed by atoms with van der Waals surface area (Å²) in [4.78, 5) is 0. The van der Waals surface area contributed by atoms with Gasteiger partial charge in [-0.2, -0.15) is 10.5 Å². The zero-order chi connectivity index (χ0) is 32.5. The van der Waals surface area contributed by atoms with Crippen molar-refractivity contribution in [3.63, 3.8) is 0 Å². The molecule has 8 rings (SSSR count). The Balaban J connectivity index is 1.30. The molecule has 0 aliphatic carbocycles. The van der Waals surface area contributed by atoms with Crippen LogP contribution in [0.4, 0.5) is 0 Å². The van der Waals surface area contributed by atoms with Crippen LogP contribution < -0.4 is 20.7 Å². The summed E-state index contributed by atoms with van der Waals surface area (Å²) in [5, 5.41) is 26.9. The molecule has 0 bridgehead atoms.